The minimum Gasteiger partial charge on any atom is -0.308 e. The van der Waals surface area contributed by atoms with E-state index >= 15 is 0 Å². The van der Waals surface area contributed by atoms with Crippen LogP contribution in [0.4, 0.5) is 0 Å². The maximum Gasteiger partial charge on any atom is 0.0719 e. The second kappa shape index (κ2) is 2.19. The lowest BCUT2D eigenvalue weighted by molar-refractivity contribution is 0.404. The highest BCUT2D eigenvalue weighted by Crippen LogP contribution is 2.02. The number of hydrazine groups is 1. The lowest BCUT2D eigenvalue weighted by Crippen LogP contribution is -2.35. The normalized spacial score (nSPS) is 19.2. The van der Waals surface area contributed by atoms with E-state index in [0.717, 1.165) is 18.0 Å². The summed E-state index contributed by atoms with van der Waals surface area (Å²) in [6.07, 6.45) is 1.78. The summed E-state index contributed by atoms with van der Waals surface area (Å²) in [5, 5.41) is 1.68. The quantitative estimate of drug-likeness (QED) is 0.479. The Balaban J connectivity index is 2.74. The molecule has 0 spiro atoms. The van der Waals surface area contributed by atoms with E-state index in [1.54, 1.807) is 11.2 Å². The topological polar surface area (TPSA) is 41.6 Å². The average molecular weight is 125 g/mol. The van der Waals surface area contributed by atoms with Gasteiger partial charge < -0.3 is 5.01 Å². The van der Waals surface area contributed by atoms with Crippen LogP contribution < -0.4 is 5.84 Å². The van der Waals surface area contributed by atoms with Gasteiger partial charge in [-0.15, -0.1) is 0 Å². The maximum atomic E-state index is 5.55. The van der Waals surface area contributed by atoms with Crippen LogP contribution in [0, 0.1) is 0 Å². The van der Waals surface area contributed by atoms with Gasteiger partial charge in [-0.05, 0) is 13.8 Å². The summed E-state index contributed by atoms with van der Waals surface area (Å²) in [5.41, 5.74) is 2.07. The second-order valence-electron chi connectivity index (χ2n) is 2.26. The number of hydrogen-bond acceptors (Lipinski definition) is 3. The average Bonchev–Trinajstić information content (AvgIpc) is 1.80. The van der Waals surface area contributed by atoms with Crippen molar-refractivity contribution >= 4 is 5.71 Å². The van der Waals surface area contributed by atoms with Crippen LogP contribution >= 0.6 is 0 Å². The van der Waals surface area contributed by atoms with Crippen molar-refractivity contribution in [1.82, 2.24) is 5.01 Å². The Hall–Kier alpha value is -0.830. The van der Waals surface area contributed by atoms with E-state index < -0.39 is 0 Å². The summed E-state index contributed by atoms with van der Waals surface area (Å²) in [6.45, 7) is 4.65. The van der Waals surface area contributed by atoms with Crippen LogP contribution in [-0.4, -0.2) is 17.3 Å². The molecule has 0 radical (unpaired) electrons. The first-order valence-electron chi connectivity index (χ1n) is 2.92. The number of rotatable bonds is 0. The molecule has 0 amide bonds. The van der Waals surface area contributed by atoms with Crippen LogP contribution in [0.3, 0.4) is 0 Å². The largest absolute Gasteiger partial charge is 0.308 e. The zero-order valence-corrected chi connectivity index (χ0v) is 5.76. The molecule has 9 heavy (non-hydrogen) atoms. The predicted molar refractivity (Wildman–Crippen MR) is 37.8 cm³/mol. The molecule has 1 aliphatic rings. The first-order valence-corrected chi connectivity index (χ1v) is 2.92. The van der Waals surface area contributed by atoms with E-state index in [9.17, 15) is 0 Å². The molecular weight excluding hydrogens is 114 g/mol. The minimum absolute atomic E-state index is 0.752. The molecule has 1 heterocycles. The molecule has 3 nitrogen and oxygen atoms in total. The van der Waals surface area contributed by atoms with Crippen molar-refractivity contribution in [3.05, 3.63) is 11.9 Å². The summed E-state index contributed by atoms with van der Waals surface area (Å²) >= 11 is 0. The van der Waals surface area contributed by atoms with Gasteiger partial charge >= 0.3 is 0 Å². The van der Waals surface area contributed by atoms with Crippen LogP contribution in [0.15, 0.2) is 16.9 Å². The molecule has 0 saturated carbocycles. The van der Waals surface area contributed by atoms with Crippen molar-refractivity contribution in [2.24, 2.45) is 10.8 Å². The zero-order valence-electron chi connectivity index (χ0n) is 5.76. The van der Waals surface area contributed by atoms with Crippen molar-refractivity contribution in [2.75, 3.05) is 6.54 Å². The molecule has 0 atom stereocenters. The summed E-state index contributed by atoms with van der Waals surface area (Å²) in [4.78, 5) is 4.09. The molecule has 3 heteroatoms. The third-order valence-electron chi connectivity index (χ3n) is 1.32. The molecule has 1 aliphatic heterocycles. The van der Waals surface area contributed by atoms with E-state index in [1.165, 1.54) is 0 Å². The monoisotopic (exact) mass is 125 g/mol. The second-order valence-corrected chi connectivity index (χ2v) is 2.26. The lowest BCUT2D eigenvalue weighted by atomic mass is 10.3. The van der Waals surface area contributed by atoms with E-state index in [-0.39, 0.29) is 0 Å². The molecule has 0 saturated heterocycles. The first kappa shape index (κ1) is 6.29. The van der Waals surface area contributed by atoms with Gasteiger partial charge in [0, 0.05) is 17.6 Å². The van der Waals surface area contributed by atoms with Crippen LogP contribution in [0.25, 0.3) is 0 Å². The Bertz CT molecular complexity index is 169. The van der Waals surface area contributed by atoms with Gasteiger partial charge in [0.15, 0.2) is 0 Å². The highest BCUT2D eigenvalue weighted by molar-refractivity contribution is 5.85. The van der Waals surface area contributed by atoms with Crippen molar-refractivity contribution in [1.29, 1.82) is 0 Å². The van der Waals surface area contributed by atoms with Gasteiger partial charge in [-0.25, -0.2) is 5.84 Å². The SMILES string of the molecule is CC1=CN=C(C)CN1N. The van der Waals surface area contributed by atoms with Gasteiger partial charge in [-0.1, -0.05) is 0 Å². The molecule has 50 valence electrons. The molecule has 0 aromatic heterocycles. The molecule has 2 N–H and O–H groups in total. The molecule has 0 unspecified atom stereocenters. The Labute approximate surface area is 54.8 Å². The lowest BCUT2D eigenvalue weighted by Gasteiger charge is -2.21. The van der Waals surface area contributed by atoms with Crippen LogP contribution in [0.5, 0.6) is 0 Å². The number of allylic oxidation sites excluding steroid dienone is 1. The highest BCUT2D eigenvalue weighted by Gasteiger charge is 2.04. The molecule has 0 bridgehead atoms. The Morgan fingerprint density at radius 1 is 1.67 bits per heavy atom. The Morgan fingerprint density at radius 2 is 2.33 bits per heavy atom. The van der Waals surface area contributed by atoms with Gasteiger partial charge in [0.05, 0.1) is 6.54 Å². The van der Waals surface area contributed by atoms with Crippen LogP contribution in [0.1, 0.15) is 13.8 Å². The van der Waals surface area contributed by atoms with Crippen LogP contribution in [0.2, 0.25) is 0 Å². The van der Waals surface area contributed by atoms with Crippen LogP contribution in [-0.2, 0) is 0 Å². The van der Waals surface area contributed by atoms with Gasteiger partial charge in [0.25, 0.3) is 0 Å². The maximum absolute atomic E-state index is 5.55. The third-order valence-corrected chi connectivity index (χ3v) is 1.32. The molecule has 0 aliphatic carbocycles. The minimum atomic E-state index is 0.752. The van der Waals surface area contributed by atoms with E-state index in [0.29, 0.717) is 0 Å². The van der Waals surface area contributed by atoms with E-state index in [2.05, 4.69) is 4.99 Å². The summed E-state index contributed by atoms with van der Waals surface area (Å²) in [5.74, 6) is 5.55. The van der Waals surface area contributed by atoms with Gasteiger partial charge in [0.2, 0.25) is 0 Å². The fourth-order valence-corrected chi connectivity index (χ4v) is 0.690. The van der Waals surface area contributed by atoms with E-state index in [1.807, 2.05) is 13.8 Å². The van der Waals surface area contributed by atoms with Gasteiger partial charge in [-0.2, -0.15) is 0 Å². The van der Waals surface area contributed by atoms with Crippen molar-refractivity contribution in [2.45, 2.75) is 13.8 Å². The molecule has 0 fully saturated rings. The van der Waals surface area contributed by atoms with Crippen molar-refractivity contribution in [3.8, 4) is 0 Å². The Kier molecular flexibility index (Phi) is 1.53. The third kappa shape index (κ3) is 1.29. The number of nitrogens with two attached hydrogens (primary N) is 1. The summed E-state index contributed by atoms with van der Waals surface area (Å²) < 4.78 is 0. The van der Waals surface area contributed by atoms with E-state index in [4.69, 9.17) is 5.84 Å². The van der Waals surface area contributed by atoms with Crippen molar-refractivity contribution in [3.63, 3.8) is 0 Å². The smallest absolute Gasteiger partial charge is 0.0719 e. The predicted octanol–water partition coefficient (Wildman–Crippen LogP) is 0.498. The standard InChI is InChI=1S/C6H11N3/c1-5-4-9(7)6(2)3-8-5/h3H,4,7H2,1-2H3. The fraction of sp³-hybridized carbons (Fsp3) is 0.500. The fourth-order valence-electron chi connectivity index (χ4n) is 0.690. The summed E-state index contributed by atoms with van der Waals surface area (Å²) in [6, 6.07) is 0. The molecule has 1 rings (SSSR count). The number of hydrogen-bond donors (Lipinski definition) is 1. The Morgan fingerprint density at radius 3 is 2.78 bits per heavy atom. The zero-order chi connectivity index (χ0) is 6.85. The number of aliphatic imine (C=N–C) groups is 1. The summed E-state index contributed by atoms with van der Waals surface area (Å²) in [7, 11) is 0. The number of nitrogens with zero attached hydrogens (tertiary/aromatic N) is 2. The molecule has 0 aromatic carbocycles. The van der Waals surface area contributed by atoms with Crippen molar-refractivity contribution < 1.29 is 0 Å². The highest BCUT2D eigenvalue weighted by atomic mass is 15.4. The van der Waals surface area contributed by atoms with Gasteiger partial charge in [0.1, 0.15) is 0 Å². The molecule has 0 aromatic rings. The molecular formula is C6H11N3. The van der Waals surface area contributed by atoms with Gasteiger partial charge in [-0.3, -0.25) is 4.99 Å². The first-order chi connectivity index (χ1) is 4.20.